The molecule has 0 fully saturated rings. The fraction of sp³-hybridized carbons (Fsp3) is 0.120. The van der Waals surface area contributed by atoms with Gasteiger partial charge < -0.3 is 4.74 Å². The number of nitrogens with zero attached hydrogens (tertiary/aromatic N) is 3. The molecule has 0 spiro atoms. The number of hydrogen-bond donors (Lipinski definition) is 0. The van der Waals surface area contributed by atoms with Crippen LogP contribution in [0.25, 0.3) is 17.1 Å². The first-order chi connectivity index (χ1) is 15.8. The molecule has 0 saturated carbocycles. The maximum atomic E-state index is 12.7. The molecule has 1 heterocycles. The van der Waals surface area contributed by atoms with Crippen molar-refractivity contribution in [3.05, 3.63) is 99.3 Å². The van der Waals surface area contributed by atoms with Gasteiger partial charge in [-0.3, -0.25) is 4.79 Å². The number of aromatic nitrogens is 3. The number of carbonyl (C=O) groups excluding carboxylic acids is 2. The molecule has 0 bridgehead atoms. The van der Waals surface area contributed by atoms with Crippen molar-refractivity contribution >= 4 is 35.0 Å². The van der Waals surface area contributed by atoms with Crippen LogP contribution in [0.5, 0.6) is 0 Å². The monoisotopic (exact) mass is 479 g/mol. The van der Waals surface area contributed by atoms with Crippen LogP contribution >= 0.6 is 23.2 Å². The fourth-order valence-electron chi connectivity index (χ4n) is 3.14. The molecule has 6 nitrogen and oxygen atoms in total. The number of ether oxygens (including phenoxy) is 1. The van der Waals surface area contributed by atoms with Crippen LogP contribution in [0.4, 0.5) is 0 Å². The van der Waals surface area contributed by atoms with E-state index < -0.39 is 12.6 Å². The zero-order valence-electron chi connectivity index (χ0n) is 17.9. The van der Waals surface area contributed by atoms with Crippen LogP contribution in [0.2, 0.25) is 10.0 Å². The summed E-state index contributed by atoms with van der Waals surface area (Å²) in [4.78, 5) is 29.4. The highest BCUT2D eigenvalue weighted by Gasteiger charge is 2.21. The number of Topliss-reactive ketones (excluding diaryl/α,β-unsaturated/α-hetero) is 1. The highest BCUT2D eigenvalue weighted by atomic mass is 35.5. The van der Waals surface area contributed by atoms with Gasteiger partial charge in [0.25, 0.3) is 5.82 Å². The third kappa shape index (κ3) is 5.13. The lowest BCUT2D eigenvalue weighted by Gasteiger charge is -2.08. The summed E-state index contributed by atoms with van der Waals surface area (Å²) in [6.45, 7) is 3.57. The minimum atomic E-state index is -0.796. The molecule has 0 atom stereocenters. The normalized spacial score (nSPS) is 10.8. The highest BCUT2D eigenvalue weighted by molar-refractivity contribution is 6.31. The van der Waals surface area contributed by atoms with Crippen LogP contribution in [-0.4, -0.2) is 33.1 Å². The van der Waals surface area contributed by atoms with Gasteiger partial charge in [0.15, 0.2) is 18.2 Å². The third-order valence-electron chi connectivity index (χ3n) is 5.13. The van der Waals surface area contributed by atoms with E-state index in [1.165, 1.54) is 0 Å². The zero-order valence-corrected chi connectivity index (χ0v) is 19.4. The molecule has 0 amide bonds. The molecule has 3 aromatic carbocycles. The first-order valence-corrected chi connectivity index (χ1v) is 10.8. The van der Waals surface area contributed by atoms with Gasteiger partial charge in [-0.2, -0.15) is 0 Å². The maximum Gasteiger partial charge on any atom is 0.378 e. The molecular weight excluding hydrogens is 461 g/mol. The van der Waals surface area contributed by atoms with E-state index in [1.807, 2.05) is 32.0 Å². The van der Waals surface area contributed by atoms with Gasteiger partial charge in [-0.05, 0) is 85.6 Å². The number of ketones is 1. The molecular formula is C25H19Cl2N3O3. The molecule has 0 aliphatic rings. The Bertz CT molecular complexity index is 1330. The minimum Gasteiger partial charge on any atom is -0.451 e. The second-order valence-corrected chi connectivity index (χ2v) is 8.33. The van der Waals surface area contributed by atoms with Crippen LogP contribution in [0.1, 0.15) is 32.1 Å². The summed E-state index contributed by atoms with van der Waals surface area (Å²) in [6.07, 6.45) is 0. The van der Waals surface area contributed by atoms with Crippen molar-refractivity contribution in [1.82, 2.24) is 14.8 Å². The number of hydrogen-bond acceptors (Lipinski definition) is 5. The van der Waals surface area contributed by atoms with Gasteiger partial charge >= 0.3 is 5.97 Å². The number of halogens is 2. The standard InChI is InChI=1S/C25H19Cl2N3O3/c1-15-3-12-21(13-16(15)2)30-24(18-6-10-20(27)11-7-18)28-23(29-30)25(32)33-14-22(31)17-4-8-19(26)9-5-17/h3-13H,14H2,1-2H3. The summed E-state index contributed by atoms with van der Waals surface area (Å²) < 4.78 is 6.77. The smallest absolute Gasteiger partial charge is 0.378 e. The average Bonchev–Trinajstić information content (AvgIpc) is 3.25. The molecule has 0 aliphatic carbocycles. The molecule has 0 saturated heterocycles. The zero-order chi connectivity index (χ0) is 23.5. The number of benzene rings is 3. The largest absolute Gasteiger partial charge is 0.451 e. The molecule has 8 heteroatoms. The lowest BCUT2D eigenvalue weighted by Crippen LogP contribution is -2.15. The maximum absolute atomic E-state index is 12.7. The van der Waals surface area contributed by atoms with E-state index in [9.17, 15) is 9.59 Å². The summed E-state index contributed by atoms with van der Waals surface area (Å²) in [5, 5.41) is 5.47. The third-order valence-corrected chi connectivity index (χ3v) is 5.63. The van der Waals surface area contributed by atoms with E-state index in [4.69, 9.17) is 27.9 Å². The molecule has 166 valence electrons. The first kappa shape index (κ1) is 22.7. The van der Waals surface area contributed by atoms with E-state index in [0.29, 0.717) is 21.4 Å². The Hall–Kier alpha value is -3.48. The first-order valence-electron chi connectivity index (χ1n) is 10.1. The number of carbonyl (C=O) groups is 2. The van der Waals surface area contributed by atoms with Gasteiger partial charge in [0, 0.05) is 21.2 Å². The van der Waals surface area contributed by atoms with Crippen molar-refractivity contribution in [1.29, 1.82) is 0 Å². The van der Waals surface area contributed by atoms with Gasteiger partial charge in [0.2, 0.25) is 0 Å². The quantitative estimate of drug-likeness (QED) is 0.254. The SMILES string of the molecule is Cc1ccc(-n2nc(C(=O)OCC(=O)c3ccc(Cl)cc3)nc2-c2ccc(Cl)cc2)cc1C. The average molecular weight is 480 g/mol. The fourth-order valence-corrected chi connectivity index (χ4v) is 3.39. The molecule has 0 N–H and O–H groups in total. The van der Waals surface area contributed by atoms with Crippen molar-refractivity contribution in [2.24, 2.45) is 0 Å². The summed E-state index contributed by atoms with van der Waals surface area (Å²) in [7, 11) is 0. The van der Waals surface area contributed by atoms with Gasteiger partial charge in [-0.15, -0.1) is 5.10 Å². The van der Waals surface area contributed by atoms with Crippen molar-refractivity contribution < 1.29 is 14.3 Å². The Morgan fingerprint density at radius 1 is 0.879 bits per heavy atom. The molecule has 0 aliphatic heterocycles. The number of esters is 1. The molecule has 4 aromatic rings. The van der Waals surface area contributed by atoms with E-state index in [-0.39, 0.29) is 11.6 Å². The Kier molecular flexibility index (Phi) is 6.58. The molecule has 0 radical (unpaired) electrons. The summed E-state index contributed by atoms with van der Waals surface area (Å²) in [6, 6.07) is 19.2. The number of rotatable bonds is 6. The molecule has 0 unspecified atom stereocenters. The van der Waals surface area contributed by atoms with Crippen molar-refractivity contribution in [2.45, 2.75) is 13.8 Å². The topological polar surface area (TPSA) is 74.1 Å². The second kappa shape index (κ2) is 9.57. The minimum absolute atomic E-state index is 0.151. The van der Waals surface area contributed by atoms with Crippen molar-refractivity contribution in [3.8, 4) is 17.1 Å². The van der Waals surface area contributed by atoms with Crippen LogP contribution in [0.15, 0.2) is 66.7 Å². The van der Waals surface area contributed by atoms with Crippen molar-refractivity contribution in [3.63, 3.8) is 0 Å². The Labute approximate surface area is 200 Å². The van der Waals surface area contributed by atoms with Crippen molar-refractivity contribution in [2.75, 3.05) is 6.61 Å². The summed E-state index contributed by atoms with van der Waals surface area (Å²) >= 11 is 11.9. The summed E-state index contributed by atoms with van der Waals surface area (Å²) in [5.41, 5.74) is 4.06. The van der Waals surface area contributed by atoms with E-state index in [0.717, 1.165) is 22.4 Å². The molecule has 33 heavy (non-hydrogen) atoms. The Balaban J connectivity index is 1.63. The van der Waals surface area contributed by atoms with Gasteiger partial charge in [-0.1, -0.05) is 29.3 Å². The predicted molar refractivity (Wildman–Crippen MR) is 127 cm³/mol. The Morgan fingerprint density at radius 3 is 2.15 bits per heavy atom. The lowest BCUT2D eigenvalue weighted by molar-refractivity contribution is 0.0462. The molecule has 1 aromatic heterocycles. The van der Waals surface area contributed by atoms with Gasteiger partial charge in [0.1, 0.15) is 0 Å². The number of aryl methyl sites for hydroxylation is 2. The van der Waals surface area contributed by atoms with E-state index >= 15 is 0 Å². The van der Waals surface area contributed by atoms with Gasteiger partial charge in [0.05, 0.1) is 5.69 Å². The molecule has 4 rings (SSSR count). The van der Waals surface area contributed by atoms with Gasteiger partial charge in [-0.25, -0.2) is 14.5 Å². The Morgan fingerprint density at radius 2 is 1.52 bits per heavy atom. The van der Waals surface area contributed by atoms with Crippen LogP contribution in [0, 0.1) is 13.8 Å². The highest BCUT2D eigenvalue weighted by Crippen LogP contribution is 2.24. The van der Waals surface area contributed by atoms with Crippen LogP contribution in [0.3, 0.4) is 0 Å². The van der Waals surface area contributed by atoms with Crippen LogP contribution < -0.4 is 0 Å². The van der Waals surface area contributed by atoms with Crippen LogP contribution in [-0.2, 0) is 4.74 Å². The van der Waals surface area contributed by atoms with E-state index in [1.54, 1.807) is 53.2 Å². The lowest BCUT2D eigenvalue weighted by atomic mass is 10.1. The summed E-state index contributed by atoms with van der Waals surface area (Å²) in [5.74, 6) is -0.852. The predicted octanol–water partition coefficient (Wildman–Crippen LogP) is 5.90. The van der Waals surface area contributed by atoms with E-state index in [2.05, 4.69) is 10.1 Å². The second-order valence-electron chi connectivity index (χ2n) is 7.45.